The van der Waals surface area contributed by atoms with Gasteiger partial charge in [0.2, 0.25) is 0 Å². The van der Waals surface area contributed by atoms with Crippen molar-refractivity contribution in [2.75, 3.05) is 6.61 Å². The van der Waals surface area contributed by atoms with Crippen LogP contribution in [0.3, 0.4) is 0 Å². The van der Waals surface area contributed by atoms with E-state index in [2.05, 4.69) is 4.98 Å². The zero-order valence-corrected chi connectivity index (χ0v) is 10.2. The number of esters is 1. The number of aromatic amines is 1. The zero-order valence-electron chi connectivity index (χ0n) is 10.2. The van der Waals surface area contributed by atoms with E-state index >= 15 is 0 Å². The maximum atomic E-state index is 12.9. The number of nitrogens with one attached hydrogen (secondary N) is 1. The molecule has 19 heavy (non-hydrogen) atoms. The van der Waals surface area contributed by atoms with Crippen molar-refractivity contribution in [3.05, 3.63) is 35.5 Å². The molecular weight excluding hydrogens is 259 g/mol. The smallest absolute Gasteiger partial charge is 0.431 e. The molecule has 1 N–H and O–H groups in total. The summed E-state index contributed by atoms with van der Waals surface area (Å²) < 4.78 is 43.5. The van der Waals surface area contributed by atoms with E-state index in [1.165, 1.54) is 0 Å². The number of alkyl halides is 3. The van der Waals surface area contributed by atoms with E-state index in [0.717, 1.165) is 0 Å². The van der Waals surface area contributed by atoms with Crippen LogP contribution >= 0.6 is 0 Å². The van der Waals surface area contributed by atoms with Gasteiger partial charge in [-0.2, -0.15) is 13.2 Å². The Morgan fingerprint density at radius 1 is 1.32 bits per heavy atom. The van der Waals surface area contributed by atoms with Gasteiger partial charge >= 0.3 is 12.1 Å². The number of H-pyrrole nitrogens is 1. The third-order valence-corrected chi connectivity index (χ3v) is 2.72. The van der Waals surface area contributed by atoms with E-state index in [-0.39, 0.29) is 12.2 Å². The lowest BCUT2D eigenvalue weighted by Gasteiger charge is -2.08. The molecule has 0 radical (unpaired) electrons. The second-order valence-corrected chi connectivity index (χ2v) is 4.00. The van der Waals surface area contributed by atoms with Gasteiger partial charge in [-0.05, 0) is 13.0 Å². The molecule has 0 spiro atoms. The van der Waals surface area contributed by atoms with Crippen LogP contribution in [-0.4, -0.2) is 17.6 Å². The molecule has 0 saturated carbocycles. The van der Waals surface area contributed by atoms with Gasteiger partial charge in [-0.3, -0.25) is 4.79 Å². The lowest BCUT2D eigenvalue weighted by Crippen LogP contribution is -2.13. The van der Waals surface area contributed by atoms with E-state index in [4.69, 9.17) is 4.74 Å². The Balaban J connectivity index is 2.52. The molecule has 0 fully saturated rings. The minimum Gasteiger partial charge on any atom is -0.466 e. The average molecular weight is 271 g/mol. The average Bonchev–Trinajstić information content (AvgIpc) is 2.69. The predicted molar refractivity (Wildman–Crippen MR) is 63.6 cm³/mol. The van der Waals surface area contributed by atoms with Crippen LogP contribution in [0.15, 0.2) is 24.3 Å². The second-order valence-electron chi connectivity index (χ2n) is 4.00. The molecule has 0 saturated heterocycles. The molecule has 0 aliphatic rings. The van der Waals surface area contributed by atoms with Crippen LogP contribution in [0.4, 0.5) is 13.2 Å². The van der Waals surface area contributed by atoms with Crippen molar-refractivity contribution in [2.45, 2.75) is 19.5 Å². The number of halogens is 3. The van der Waals surface area contributed by atoms with Crippen LogP contribution in [0, 0.1) is 0 Å². The number of aromatic nitrogens is 1. The van der Waals surface area contributed by atoms with Gasteiger partial charge in [0.1, 0.15) is 5.69 Å². The van der Waals surface area contributed by atoms with Gasteiger partial charge in [0.25, 0.3) is 0 Å². The third-order valence-electron chi connectivity index (χ3n) is 2.72. The van der Waals surface area contributed by atoms with Gasteiger partial charge in [-0.15, -0.1) is 0 Å². The van der Waals surface area contributed by atoms with E-state index in [1.54, 1.807) is 31.2 Å². The Bertz CT molecular complexity index is 601. The fraction of sp³-hybridized carbons (Fsp3) is 0.308. The van der Waals surface area contributed by atoms with Gasteiger partial charge in [0, 0.05) is 16.5 Å². The van der Waals surface area contributed by atoms with Gasteiger partial charge in [0.05, 0.1) is 13.0 Å². The molecular formula is C13H12F3NO2. The first-order chi connectivity index (χ1) is 8.93. The third kappa shape index (κ3) is 2.72. The first kappa shape index (κ1) is 13.5. The van der Waals surface area contributed by atoms with E-state index in [9.17, 15) is 18.0 Å². The first-order valence-electron chi connectivity index (χ1n) is 5.76. The summed E-state index contributed by atoms with van der Waals surface area (Å²) in [5.74, 6) is -0.669. The number of carbonyl (C=O) groups is 1. The van der Waals surface area contributed by atoms with Crippen LogP contribution in [0.1, 0.15) is 18.2 Å². The van der Waals surface area contributed by atoms with Crippen molar-refractivity contribution in [2.24, 2.45) is 0 Å². The summed E-state index contributed by atoms with van der Waals surface area (Å²) in [4.78, 5) is 13.7. The number of hydrogen-bond acceptors (Lipinski definition) is 2. The quantitative estimate of drug-likeness (QED) is 0.870. The summed E-state index contributed by atoms with van der Waals surface area (Å²) in [6.45, 7) is 1.75. The molecule has 102 valence electrons. The van der Waals surface area contributed by atoms with Gasteiger partial charge in [-0.1, -0.05) is 18.2 Å². The number of hydrogen-bond donors (Lipinski definition) is 1. The van der Waals surface area contributed by atoms with Gasteiger partial charge < -0.3 is 9.72 Å². The Labute approximate surface area is 107 Å². The Kier molecular flexibility index (Phi) is 3.50. The van der Waals surface area contributed by atoms with Gasteiger partial charge in [-0.25, -0.2) is 0 Å². The topological polar surface area (TPSA) is 42.1 Å². The highest BCUT2D eigenvalue weighted by molar-refractivity contribution is 5.88. The molecule has 0 aliphatic carbocycles. The Morgan fingerprint density at radius 3 is 2.63 bits per heavy atom. The maximum Gasteiger partial charge on any atom is 0.431 e. The maximum absolute atomic E-state index is 12.9. The van der Waals surface area contributed by atoms with Crippen LogP contribution in [0.5, 0.6) is 0 Å². The summed E-state index contributed by atoms with van der Waals surface area (Å²) in [7, 11) is 0. The van der Waals surface area contributed by atoms with Crippen molar-refractivity contribution >= 4 is 16.9 Å². The minimum absolute atomic E-state index is 0.0680. The molecule has 0 unspecified atom stereocenters. The monoisotopic (exact) mass is 271 g/mol. The van der Waals surface area contributed by atoms with E-state index in [1.807, 2.05) is 0 Å². The Morgan fingerprint density at radius 2 is 2.00 bits per heavy atom. The first-order valence-corrected chi connectivity index (χ1v) is 5.76. The SMILES string of the molecule is CCOC(=O)Cc1c(C(F)(F)F)[nH]c2ccccc12. The molecule has 1 aromatic carbocycles. The number of benzene rings is 1. The van der Waals surface area contributed by atoms with E-state index < -0.39 is 24.3 Å². The van der Waals surface area contributed by atoms with Crippen LogP contribution in [0.25, 0.3) is 10.9 Å². The van der Waals surface area contributed by atoms with Crippen LogP contribution < -0.4 is 0 Å². The van der Waals surface area contributed by atoms with E-state index in [0.29, 0.717) is 10.9 Å². The number of rotatable bonds is 3. The zero-order chi connectivity index (χ0) is 14.0. The molecule has 2 rings (SSSR count). The van der Waals surface area contributed by atoms with Crippen LogP contribution in [-0.2, 0) is 22.1 Å². The summed E-state index contributed by atoms with van der Waals surface area (Å²) in [6.07, 6.45) is -4.92. The molecule has 1 heterocycles. The summed E-state index contributed by atoms with van der Waals surface area (Å²) >= 11 is 0. The summed E-state index contributed by atoms with van der Waals surface area (Å²) in [5.41, 5.74) is -0.600. The highest BCUT2D eigenvalue weighted by Gasteiger charge is 2.36. The minimum atomic E-state index is -4.53. The molecule has 6 heteroatoms. The number of ether oxygens (including phenoxy) is 1. The Hall–Kier alpha value is -1.98. The molecule has 0 atom stereocenters. The second kappa shape index (κ2) is 4.95. The number of para-hydroxylation sites is 1. The lowest BCUT2D eigenvalue weighted by molar-refractivity contribution is -0.144. The highest BCUT2D eigenvalue weighted by Crippen LogP contribution is 2.35. The predicted octanol–water partition coefficient (Wildman–Crippen LogP) is 3.29. The number of fused-ring (bicyclic) bond motifs is 1. The molecule has 0 aliphatic heterocycles. The fourth-order valence-corrected chi connectivity index (χ4v) is 1.98. The molecule has 2 aromatic rings. The number of carbonyl (C=O) groups excluding carboxylic acids is 1. The molecule has 1 aromatic heterocycles. The van der Waals surface area contributed by atoms with Crippen molar-refractivity contribution < 1.29 is 22.7 Å². The van der Waals surface area contributed by atoms with Crippen molar-refractivity contribution in [1.82, 2.24) is 4.98 Å². The lowest BCUT2D eigenvalue weighted by atomic mass is 10.1. The molecule has 3 nitrogen and oxygen atoms in total. The fourth-order valence-electron chi connectivity index (χ4n) is 1.98. The molecule has 0 amide bonds. The van der Waals surface area contributed by atoms with Crippen molar-refractivity contribution in [3.8, 4) is 0 Å². The van der Waals surface area contributed by atoms with Gasteiger partial charge in [0.15, 0.2) is 0 Å². The highest BCUT2D eigenvalue weighted by atomic mass is 19.4. The summed E-state index contributed by atoms with van der Waals surface area (Å²) in [6, 6.07) is 6.35. The largest absolute Gasteiger partial charge is 0.466 e. The van der Waals surface area contributed by atoms with Crippen molar-refractivity contribution in [1.29, 1.82) is 0 Å². The van der Waals surface area contributed by atoms with Crippen LogP contribution in [0.2, 0.25) is 0 Å². The van der Waals surface area contributed by atoms with Crippen molar-refractivity contribution in [3.63, 3.8) is 0 Å². The molecule has 0 bridgehead atoms. The standard InChI is InChI=1S/C13H12F3NO2/c1-2-19-11(18)7-9-8-5-3-4-6-10(8)17-12(9)13(14,15)16/h3-6,17H,2,7H2,1H3. The summed E-state index contributed by atoms with van der Waals surface area (Å²) in [5, 5.41) is 0.392. The normalized spacial score (nSPS) is 11.8.